The summed E-state index contributed by atoms with van der Waals surface area (Å²) >= 11 is 0. The van der Waals surface area contributed by atoms with Gasteiger partial charge in [0, 0.05) is 25.8 Å². The average molecular weight is 473 g/mol. The summed E-state index contributed by atoms with van der Waals surface area (Å²) in [6.07, 6.45) is 1.68. The van der Waals surface area contributed by atoms with Gasteiger partial charge in [-0.25, -0.2) is 8.42 Å². The second-order valence-corrected chi connectivity index (χ2v) is 9.56. The number of para-hydroxylation sites is 1. The van der Waals surface area contributed by atoms with Gasteiger partial charge in [-0.1, -0.05) is 17.2 Å². The Labute approximate surface area is 191 Å². The van der Waals surface area contributed by atoms with Crippen molar-refractivity contribution in [2.24, 2.45) is 0 Å². The molecular weight excluding hydrogens is 448 g/mol. The van der Waals surface area contributed by atoms with E-state index in [1.807, 2.05) is 6.07 Å². The number of aromatic nitrogens is 2. The first kappa shape index (κ1) is 22.9. The van der Waals surface area contributed by atoms with Crippen molar-refractivity contribution in [3.63, 3.8) is 0 Å². The van der Waals surface area contributed by atoms with E-state index in [1.165, 1.54) is 42.7 Å². The van der Waals surface area contributed by atoms with Crippen LogP contribution in [0.4, 0.5) is 6.01 Å². The highest BCUT2D eigenvalue weighted by Gasteiger charge is 2.26. The monoisotopic (exact) mass is 472 g/mol. The molecule has 0 spiro atoms. The van der Waals surface area contributed by atoms with Crippen molar-refractivity contribution in [1.29, 1.82) is 0 Å². The van der Waals surface area contributed by atoms with E-state index in [0.717, 1.165) is 12.8 Å². The van der Waals surface area contributed by atoms with Crippen LogP contribution in [0.3, 0.4) is 0 Å². The summed E-state index contributed by atoms with van der Waals surface area (Å²) in [5.74, 6) is 0.237. The molecule has 0 bridgehead atoms. The summed E-state index contributed by atoms with van der Waals surface area (Å²) in [5.41, 5.74) is 0.836. The number of hydrogen-bond donors (Lipinski definition) is 1. The molecule has 0 aliphatic carbocycles. The first-order valence-corrected chi connectivity index (χ1v) is 11.8. The van der Waals surface area contributed by atoms with Crippen LogP contribution in [-0.4, -0.2) is 62.2 Å². The van der Waals surface area contributed by atoms with Gasteiger partial charge in [-0.3, -0.25) is 10.1 Å². The zero-order valence-electron chi connectivity index (χ0n) is 18.2. The predicted molar refractivity (Wildman–Crippen MR) is 119 cm³/mol. The SMILES string of the molecule is COc1ccccc1-c1nnc(NC(=O)c2ccc(S(=O)(=O)N(C)C[C@H]3CCCO3)cc2)o1. The van der Waals surface area contributed by atoms with Crippen LogP contribution in [0.5, 0.6) is 5.75 Å². The highest BCUT2D eigenvalue weighted by Crippen LogP contribution is 2.29. The van der Waals surface area contributed by atoms with Crippen molar-refractivity contribution in [3.05, 3.63) is 54.1 Å². The van der Waals surface area contributed by atoms with Gasteiger partial charge in [0.05, 0.1) is 23.7 Å². The van der Waals surface area contributed by atoms with Crippen LogP contribution in [-0.2, 0) is 14.8 Å². The Morgan fingerprint density at radius 2 is 1.94 bits per heavy atom. The zero-order valence-corrected chi connectivity index (χ0v) is 19.0. The van der Waals surface area contributed by atoms with E-state index >= 15 is 0 Å². The summed E-state index contributed by atoms with van der Waals surface area (Å²) in [6, 6.07) is 12.7. The average Bonchev–Trinajstić information content (AvgIpc) is 3.51. The van der Waals surface area contributed by atoms with E-state index in [9.17, 15) is 13.2 Å². The number of nitrogens with zero attached hydrogens (tertiary/aromatic N) is 3. The van der Waals surface area contributed by atoms with Gasteiger partial charge in [0.15, 0.2) is 0 Å². The van der Waals surface area contributed by atoms with Crippen LogP contribution < -0.4 is 10.1 Å². The number of amides is 1. The number of rotatable bonds is 8. The topological polar surface area (TPSA) is 124 Å². The molecule has 1 atom stereocenters. The molecule has 1 amide bonds. The molecule has 1 aromatic heterocycles. The number of sulfonamides is 1. The molecule has 0 unspecified atom stereocenters. The molecule has 2 heterocycles. The highest BCUT2D eigenvalue weighted by molar-refractivity contribution is 7.89. The Bertz CT molecular complexity index is 1220. The molecule has 2 aromatic carbocycles. The standard InChI is InChI=1S/C22H24N4O6S/c1-26(14-16-6-5-13-31-16)33(28,29)17-11-9-15(10-12-17)20(27)23-22-25-24-21(32-22)18-7-3-4-8-19(18)30-2/h3-4,7-12,16H,5-6,13-14H2,1-2H3,(H,23,25,27)/t16-/m1/s1. The molecule has 3 aromatic rings. The third-order valence-electron chi connectivity index (χ3n) is 5.29. The minimum absolute atomic E-state index is 0.0890. The number of likely N-dealkylation sites (N-methyl/N-ethyl adjacent to an activating group) is 1. The lowest BCUT2D eigenvalue weighted by Gasteiger charge is -2.20. The first-order chi connectivity index (χ1) is 15.9. The van der Waals surface area contributed by atoms with Crippen molar-refractivity contribution in [3.8, 4) is 17.2 Å². The number of carbonyl (C=O) groups is 1. The first-order valence-electron chi connectivity index (χ1n) is 10.3. The van der Waals surface area contributed by atoms with E-state index in [4.69, 9.17) is 13.9 Å². The maximum Gasteiger partial charge on any atom is 0.322 e. The second kappa shape index (κ2) is 9.69. The number of anilines is 1. The van der Waals surface area contributed by atoms with E-state index < -0.39 is 15.9 Å². The highest BCUT2D eigenvalue weighted by atomic mass is 32.2. The third-order valence-corrected chi connectivity index (χ3v) is 7.13. The maximum absolute atomic E-state index is 12.8. The molecule has 1 aliphatic heterocycles. The Hall–Kier alpha value is -3.28. The number of hydrogen-bond acceptors (Lipinski definition) is 8. The Balaban J connectivity index is 1.43. The van der Waals surface area contributed by atoms with Gasteiger partial charge in [-0.05, 0) is 49.2 Å². The molecule has 1 aliphatic rings. The maximum atomic E-state index is 12.8. The fraction of sp³-hybridized carbons (Fsp3) is 0.318. The molecule has 0 saturated carbocycles. The van der Waals surface area contributed by atoms with Crippen molar-refractivity contribution in [1.82, 2.24) is 14.5 Å². The van der Waals surface area contributed by atoms with Crippen LogP contribution in [0.25, 0.3) is 11.5 Å². The van der Waals surface area contributed by atoms with E-state index in [1.54, 1.807) is 18.2 Å². The van der Waals surface area contributed by atoms with Crippen LogP contribution in [0.2, 0.25) is 0 Å². The van der Waals surface area contributed by atoms with Crippen LogP contribution >= 0.6 is 0 Å². The van der Waals surface area contributed by atoms with E-state index in [0.29, 0.717) is 17.9 Å². The minimum atomic E-state index is -3.69. The Morgan fingerprint density at radius 3 is 2.64 bits per heavy atom. The summed E-state index contributed by atoms with van der Waals surface area (Å²) in [4.78, 5) is 12.7. The molecule has 10 nitrogen and oxygen atoms in total. The normalized spacial score (nSPS) is 16.2. The van der Waals surface area contributed by atoms with Gasteiger partial charge in [0.25, 0.3) is 11.8 Å². The van der Waals surface area contributed by atoms with Gasteiger partial charge in [-0.2, -0.15) is 4.31 Å². The zero-order chi connectivity index (χ0) is 23.4. The molecule has 0 radical (unpaired) electrons. The molecular formula is C22H24N4O6S. The van der Waals surface area contributed by atoms with Crippen LogP contribution in [0.1, 0.15) is 23.2 Å². The number of ether oxygens (including phenoxy) is 2. The fourth-order valence-corrected chi connectivity index (χ4v) is 4.71. The number of methoxy groups -OCH3 is 1. The molecule has 1 fully saturated rings. The molecule has 174 valence electrons. The lowest BCUT2D eigenvalue weighted by atomic mass is 10.2. The molecule has 33 heavy (non-hydrogen) atoms. The fourth-order valence-electron chi connectivity index (χ4n) is 3.50. The summed E-state index contributed by atoms with van der Waals surface area (Å²) in [7, 11) is -0.643. The van der Waals surface area contributed by atoms with Crippen molar-refractivity contribution in [2.75, 3.05) is 32.6 Å². The van der Waals surface area contributed by atoms with Gasteiger partial charge in [0.2, 0.25) is 10.0 Å². The number of nitrogens with one attached hydrogen (secondary N) is 1. The largest absolute Gasteiger partial charge is 0.496 e. The van der Waals surface area contributed by atoms with E-state index in [-0.39, 0.29) is 35.0 Å². The summed E-state index contributed by atoms with van der Waals surface area (Å²) in [5, 5.41) is 10.3. The van der Waals surface area contributed by atoms with E-state index in [2.05, 4.69) is 15.5 Å². The predicted octanol–water partition coefficient (Wildman–Crippen LogP) is 2.80. The lowest BCUT2D eigenvalue weighted by Crippen LogP contribution is -2.34. The number of carbonyl (C=O) groups excluding carboxylic acids is 1. The smallest absolute Gasteiger partial charge is 0.322 e. The third kappa shape index (κ3) is 5.05. The Morgan fingerprint density at radius 1 is 1.18 bits per heavy atom. The van der Waals surface area contributed by atoms with Crippen molar-refractivity contribution < 1.29 is 27.1 Å². The van der Waals surface area contributed by atoms with Crippen LogP contribution in [0.15, 0.2) is 57.8 Å². The number of benzene rings is 2. The lowest BCUT2D eigenvalue weighted by molar-refractivity contribution is 0.0979. The molecule has 1 N–H and O–H groups in total. The summed E-state index contributed by atoms with van der Waals surface area (Å²) in [6.45, 7) is 0.944. The summed E-state index contributed by atoms with van der Waals surface area (Å²) < 4.78 is 43.2. The van der Waals surface area contributed by atoms with Crippen LogP contribution in [0, 0.1) is 0 Å². The molecule has 1 saturated heterocycles. The molecule has 4 rings (SSSR count). The van der Waals surface area contributed by atoms with Crippen molar-refractivity contribution >= 4 is 21.9 Å². The minimum Gasteiger partial charge on any atom is -0.496 e. The quantitative estimate of drug-likeness (QED) is 0.531. The second-order valence-electron chi connectivity index (χ2n) is 7.51. The molecule has 11 heteroatoms. The Kier molecular flexibility index (Phi) is 6.72. The van der Waals surface area contributed by atoms with Gasteiger partial charge >= 0.3 is 6.01 Å². The van der Waals surface area contributed by atoms with Gasteiger partial charge in [-0.15, -0.1) is 5.10 Å². The van der Waals surface area contributed by atoms with Gasteiger partial charge in [0.1, 0.15) is 5.75 Å². The van der Waals surface area contributed by atoms with Crippen molar-refractivity contribution in [2.45, 2.75) is 23.8 Å². The van der Waals surface area contributed by atoms with Gasteiger partial charge < -0.3 is 13.9 Å².